The Balaban J connectivity index is 0.873. The third-order valence-corrected chi connectivity index (χ3v) is 15.0. The van der Waals surface area contributed by atoms with Crippen molar-refractivity contribution in [2.24, 2.45) is 0 Å². The van der Waals surface area contributed by atoms with Crippen LogP contribution in [-0.4, -0.2) is 13.7 Å². The minimum atomic E-state index is -0.223. The van der Waals surface area contributed by atoms with Gasteiger partial charge in [-0.15, -0.1) is 0 Å². The number of hydrogen-bond donors (Lipinski definition) is 0. The Morgan fingerprint density at radius 2 is 0.746 bits per heavy atom. The summed E-state index contributed by atoms with van der Waals surface area (Å²) in [6.45, 7) is 4.78. The van der Waals surface area contributed by atoms with Crippen LogP contribution in [-0.2, 0) is 5.41 Å². The van der Waals surface area contributed by atoms with Crippen LogP contribution in [0.4, 0.5) is 0 Å². The first-order valence-electron chi connectivity index (χ1n) is 23.3. The minimum absolute atomic E-state index is 0.223. The molecule has 0 aliphatic heterocycles. The molecule has 4 nitrogen and oxygen atoms in total. The fourth-order valence-electron chi connectivity index (χ4n) is 12.0. The molecule has 0 bridgehead atoms. The summed E-state index contributed by atoms with van der Waals surface area (Å²) in [5.41, 5.74) is 19.9. The monoisotopic (exact) mass is 855 g/mol. The van der Waals surface area contributed by atoms with Crippen molar-refractivity contribution in [2.45, 2.75) is 19.3 Å². The molecule has 0 atom stereocenters. The predicted octanol–water partition coefficient (Wildman–Crippen LogP) is 16.9. The molecular weight excluding hydrogens is 815 g/mol. The second-order valence-corrected chi connectivity index (χ2v) is 18.9. The van der Waals surface area contributed by atoms with Crippen LogP contribution in [0.5, 0.6) is 0 Å². The number of hydrogen-bond acceptors (Lipinski definition) is 1. The summed E-state index contributed by atoms with van der Waals surface area (Å²) >= 11 is 0. The van der Waals surface area contributed by atoms with Crippen molar-refractivity contribution >= 4 is 87.4 Å². The number of benzene rings is 10. The molecule has 0 amide bonds. The van der Waals surface area contributed by atoms with Crippen molar-refractivity contribution in [2.75, 3.05) is 0 Å². The van der Waals surface area contributed by atoms with Crippen LogP contribution in [0.3, 0.4) is 0 Å². The summed E-state index contributed by atoms with van der Waals surface area (Å²) < 4.78 is 14.4. The molecule has 4 aromatic heterocycles. The normalized spacial score (nSPS) is 13.3. The van der Waals surface area contributed by atoms with Gasteiger partial charge in [-0.3, -0.25) is 0 Å². The SMILES string of the molecule is CC1(C)c2cc(-c3ccc4c(c3)c3ccccc3n4-c3ccccc3)ccc2-c2ccc(-n3c4ccccc4c4c5oc6c(ccc7c6c6ccccc6n7-c6ccccc6)c5ccc43)cc21. The lowest BCUT2D eigenvalue weighted by Crippen LogP contribution is -2.15. The van der Waals surface area contributed by atoms with Crippen molar-refractivity contribution in [3.05, 3.63) is 223 Å². The molecule has 10 aromatic carbocycles. The zero-order valence-corrected chi connectivity index (χ0v) is 37.0. The van der Waals surface area contributed by atoms with Crippen LogP contribution < -0.4 is 0 Å². The number of aromatic nitrogens is 3. The van der Waals surface area contributed by atoms with Crippen molar-refractivity contribution in [3.8, 4) is 39.3 Å². The minimum Gasteiger partial charge on any atom is -0.455 e. The molecule has 1 aliphatic rings. The summed E-state index contributed by atoms with van der Waals surface area (Å²) in [4.78, 5) is 0. The number of furan rings is 1. The van der Waals surface area contributed by atoms with Gasteiger partial charge in [-0.25, -0.2) is 0 Å². The van der Waals surface area contributed by atoms with Gasteiger partial charge < -0.3 is 18.1 Å². The standard InChI is InChI=1S/C63H41N3O/c1-63(2)51-36-39(38-26-32-56-50(35-38)45-19-9-12-22-53(45)64(56)40-15-5-3-6-16-40)25-28-43(51)44-29-27-42(37-52(44)63)66-55-24-14-11-21-49(55)60-58(66)34-31-47-46-30-33-57-59(61(46)67-62(47)60)48-20-10-13-23-54(48)65(57)41-17-7-4-8-18-41/h3-37H,1-2H3. The van der Waals surface area contributed by atoms with Gasteiger partial charge in [0.15, 0.2) is 0 Å². The highest BCUT2D eigenvalue weighted by atomic mass is 16.3. The molecule has 314 valence electrons. The average molecular weight is 856 g/mol. The summed E-state index contributed by atoms with van der Waals surface area (Å²) in [7, 11) is 0. The second kappa shape index (κ2) is 13.2. The molecule has 67 heavy (non-hydrogen) atoms. The highest BCUT2D eigenvalue weighted by Gasteiger charge is 2.36. The Morgan fingerprint density at radius 1 is 0.313 bits per heavy atom. The average Bonchev–Trinajstić information content (AvgIpc) is 4.16. The zero-order valence-electron chi connectivity index (χ0n) is 37.0. The van der Waals surface area contributed by atoms with E-state index in [2.05, 4.69) is 240 Å². The topological polar surface area (TPSA) is 27.9 Å². The maximum absolute atomic E-state index is 7.23. The van der Waals surface area contributed by atoms with E-state index in [0.29, 0.717) is 0 Å². The Labute approximate surface area is 385 Å². The third kappa shape index (κ3) is 4.91. The summed E-state index contributed by atoms with van der Waals surface area (Å²) in [6, 6.07) is 77.9. The maximum Gasteiger partial charge on any atom is 0.145 e. The summed E-state index contributed by atoms with van der Waals surface area (Å²) in [5.74, 6) is 0. The van der Waals surface area contributed by atoms with Crippen LogP contribution in [0.1, 0.15) is 25.0 Å². The van der Waals surface area contributed by atoms with Gasteiger partial charge in [-0.2, -0.15) is 0 Å². The van der Waals surface area contributed by atoms with Crippen LogP contribution in [0.25, 0.3) is 127 Å². The van der Waals surface area contributed by atoms with E-state index in [1.807, 2.05) is 0 Å². The lowest BCUT2D eigenvalue weighted by Gasteiger charge is -2.23. The van der Waals surface area contributed by atoms with Crippen LogP contribution in [0.2, 0.25) is 0 Å². The van der Waals surface area contributed by atoms with E-state index in [9.17, 15) is 0 Å². The Hall–Kier alpha value is -8.60. The van der Waals surface area contributed by atoms with Gasteiger partial charge in [0.25, 0.3) is 0 Å². The van der Waals surface area contributed by atoms with E-state index in [4.69, 9.17) is 4.42 Å². The first-order chi connectivity index (χ1) is 33.0. The van der Waals surface area contributed by atoms with Crippen LogP contribution in [0, 0.1) is 0 Å². The summed E-state index contributed by atoms with van der Waals surface area (Å²) in [6.07, 6.45) is 0. The largest absolute Gasteiger partial charge is 0.455 e. The summed E-state index contributed by atoms with van der Waals surface area (Å²) in [5, 5.41) is 9.44. The van der Waals surface area contributed by atoms with E-state index in [1.54, 1.807) is 0 Å². The van der Waals surface area contributed by atoms with Crippen LogP contribution >= 0.6 is 0 Å². The predicted molar refractivity (Wildman–Crippen MR) is 280 cm³/mol. The lowest BCUT2D eigenvalue weighted by molar-refractivity contribution is 0.660. The van der Waals surface area contributed by atoms with Crippen molar-refractivity contribution < 1.29 is 4.42 Å². The van der Waals surface area contributed by atoms with Crippen molar-refractivity contribution in [1.29, 1.82) is 0 Å². The molecule has 4 heteroatoms. The number of nitrogens with zero attached hydrogens (tertiary/aromatic N) is 3. The zero-order chi connectivity index (χ0) is 44.1. The quantitative estimate of drug-likeness (QED) is 0.173. The van der Waals surface area contributed by atoms with E-state index in [1.165, 1.54) is 77.2 Å². The molecule has 1 aliphatic carbocycles. The first-order valence-corrected chi connectivity index (χ1v) is 23.3. The van der Waals surface area contributed by atoms with Crippen molar-refractivity contribution in [1.82, 2.24) is 13.7 Å². The molecule has 0 saturated carbocycles. The van der Waals surface area contributed by atoms with Gasteiger partial charge in [0.05, 0.1) is 43.9 Å². The molecule has 0 N–H and O–H groups in total. The number of fused-ring (bicyclic) bond motifs is 17. The van der Waals surface area contributed by atoms with E-state index >= 15 is 0 Å². The van der Waals surface area contributed by atoms with E-state index in [-0.39, 0.29) is 5.41 Å². The van der Waals surface area contributed by atoms with Gasteiger partial charge in [0.1, 0.15) is 11.2 Å². The van der Waals surface area contributed by atoms with E-state index in [0.717, 1.165) is 60.6 Å². The maximum atomic E-state index is 7.23. The second-order valence-electron chi connectivity index (χ2n) is 18.9. The third-order valence-electron chi connectivity index (χ3n) is 15.0. The van der Waals surface area contributed by atoms with Gasteiger partial charge in [0.2, 0.25) is 0 Å². The molecule has 14 aromatic rings. The highest BCUT2D eigenvalue weighted by molar-refractivity contribution is 6.29. The molecule has 0 fully saturated rings. The Kier molecular flexibility index (Phi) is 7.26. The molecule has 0 spiro atoms. The molecule has 0 unspecified atom stereocenters. The fourth-order valence-corrected chi connectivity index (χ4v) is 12.0. The van der Waals surface area contributed by atoms with Gasteiger partial charge in [-0.05, 0) is 130 Å². The fraction of sp³-hybridized carbons (Fsp3) is 0.0476. The molecule has 15 rings (SSSR count). The Bertz CT molecular complexity index is 4410. The number of para-hydroxylation sites is 5. The van der Waals surface area contributed by atoms with Gasteiger partial charge in [-0.1, -0.05) is 129 Å². The smallest absolute Gasteiger partial charge is 0.145 e. The van der Waals surface area contributed by atoms with Crippen molar-refractivity contribution in [3.63, 3.8) is 0 Å². The lowest BCUT2D eigenvalue weighted by atomic mass is 9.81. The molecular formula is C63H41N3O. The Morgan fingerprint density at radius 3 is 1.36 bits per heavy atom. The van der Waals surface area contributed by atoms with Gasteiger partial charge in [0, 0.05) is 54.8 Å². The van der Waals surface area contributed by atoms with Gasteiger partial charge >= 0.3 is 0 Å². The first kappa shape index (κ1) is 36.7. The highest BCUT2D eigenvalue weighted by Crippen LogP contribution is 2.52. The number of rotatable bonds is 4. The van der Waals surface area contributed by atoms with E-state index < -0.39 is 0 Å². The molecule has 4 heterocycles. The molecule has 0 radical (unpaired) electrons. The van der Waals surface area contributed by atoms with Crippen LogP contribution in [0.15, 0.2) is 217 Å². The molecule has 0 saturated heterocycles.